The van der Waals surface area contributed by atoms with Gasteiger partial charge in [-0.3, -0.25) is 4.79 Å². The molecule has 7 heteroatoms. The Morgan fingerprint density at radius 1 is 1.43 bits per heavy atom. The highest BCUT2D eigenvalue weighted by atomic mass is 35.5. The lowest BCUT2D eigenvalue weighted by Gasteiger charge is -2.03. The van der Waals surface area contributed by atoms with E-state index in [1.54, 1.807) is 0 Å². The van der Waals surface area contributed by atoms with E-state index in [0.29, 0.717) is 10.0 Å². The standard InChI is InChI=1S/C7H5Cl3N2OS/c8-3-1-4(9)7(12-6(3)10)14-2-5(11)13/h1H,2H2,(H2,11,13). The van der Waals surface area contributed by atoms with Crippen molar-refractivity contribution in [3.05, 3.63) is 21.3 Å². The molecular weight excluding hydrogens is 267 g/mol. The molecule has 2 N–H and O–H groups in total. The van der Waals surface area contributed by atoms with Crippen LogP contribution in [0.1, 0.15) is 0 Å². The van der Waals surface area contributed by atoms with Gasteiger partial charge in [-0.25, -0.2) is 4.98 Å². The van der Waals surface area contributed by atoms with Crippen molar-refractivity contribution in [3.63, 3.8) is 0 Å². The molecule has 1 amide bonds. The summed E-state index contributed by atoms with van der Waals surface area (Å²) < 4.78 is 0. The summed E-state index contributed by atoms with van der Waals surface area (Å²) in [4.78, 5) is 14.4. The summed E-state index contributed by atoms with van der Waals surface area (Å²) in [6.45, 7) is 0. The minimum Gasteiger partial charge on any atom is -0.369 e. The van der Waals surface area contributed by atoms with Gasteiger partial charge in [0.1, 0.15) is 10.2 Å². The number of hydrogen-bond acceptors (Lipinski definition) is 3. The molecule has 14 heavy (non-hydrogen) atoms. The second kappa shape index (κ2) is 5.07. The molecule has 0 atom stereocenters. The Bertz CT molecular complexity index is 372. The number of nitrogens with two attached hydrogens (primary N) is 1. The molecule has 1 rings (SSSR count). The average molecular weight is 272 g/mol. The largest absolute Gasteiger partial charge is 0.369 e. The lowest BCUT2D eigenvalue weighted by molar-refractivity contribution is -0.115. The summed E-state index contributed by atoms with van der Waals surface area (Å²) >= 11 is 18.3. The second-order valence-corrected chi connectivity index (χ2v) is 4.44. The molecule has 76 valence electrons. The smallest absolute Gasteiger partial charge is 0.227 e. The van der Waals surface area contributed by atoms with E-state index in [4.69, 9.17) is 40.5 Å². The number of aromatic nitrogens is 1. The number of amides is 1. The lowest BCUT2D eigenvalue weighted by Crippen LogP contribution is -2.13. The van der Waals surface area contributed by atoms with Gasteiger partial charge in [0.25, 0.3) is 0 Å². The van der Waals surface area contributed by atoms with Crippen LogP contribution >= 0.6 is 46.6 Å². The first-order valence-corrected chi connectivity index (χ1v) is 5.55. The predicted molar refractivity (Wildman–Crippen MR) is 59.2 cm³/mol. The van der Waals surface area contributed by atoms with Crippen LogP contribution in [0.4, 0.5) is 0 Å². The van der Waals surface area contributed by atoms with Crippen LogP contribution in [0.3, 0.4) is 0 Å². The van der Waals surface area contributed by atoms with E-state index in [-0.39, 0.29) is 15.9 Å². The zero-order valence-electron chi connectivity index (χ0n) is 6.76. The van der Waals surface area contributed by atoms with E-state index < -0.39 is 5.91 Å². The number of halogens is 3. The summed E-state index contributed by atoms with van der Waals surface area (Å²) in [7, 11) is 0. The summed E-state index contributed by atoms with van der Waals surface area (Å²) in [6.07, 6.45) is 0. The summed E-state index contributed by atoms with van der Waals surface area (Å²) in [6, 6.07) is 1.47. The maximum absolute atomic E-state index is 10.5. The predicted octanol–water partition coefficient (Wildman–Crippen LogP) is 2.62. The van der Waals surface area contributed by atoms with Gasteiger partial charge in [-0.05, 0) is 6.07 Å². The number of rotatable bonds is 3. The van der Waals surface area contributed by atoms with Crippen molar-refractivity contribution >= 4 is 52.5 Å². The van der Waals surface area contributed by atoms with Crippen molar-refractivity contribution in [1.82, 2.24) is 4.98 Å². The van der Waals surface area contributed by atoms with Crippen LogP contribution in [0.25, 0.3) is 0 Å². The molecule has 0 aliphatic carbocycles. The van der Waals surface area contributed by atoms with Gasteiger partial charge in [-0.1, -0.05) is 46.6 Å². The molecule has 0 unspecified atom stereocenters. The zero-order chi connectivity index (χ0) is 10.7. The Morgan fingerprint density at radius 2 is 2.07 bits per heavy atom. The first-order valence-electron chi connectivity index (χ1n) is 3.43. The third-order valence-corrected chi connectivity index (χ3v) is 3.29. The number of hydrogen-bond donors (Lipinski definition) is 1. The Hall–Kier alpha value is -0.160. The van der Waals surface area contributed by atoms with Gasteiger partial charge in [0.05, 0.1) is 15.8 Å². The Balaban J connectivity index is 2.87. The molecule has 1 aromatic heterocycles. The Morgan fingerprint density at radius 3 is 2.64 bits per heavy atom. The SMILES string of the molecule is NC(=O)CSc1nc(Cl)c(Cl)cc1Cl. The summed E-state index contributed by atoms with van der Waals surface area (Å²) in [5.74, 6) is -0.344. The fraction of sp³-hybridized carbons (Fsp3) is 0.143. The second-order valence-electron chi connectivity index (χ2n) is 2.30. The molecule has 0 saturated heterocycles. The lowest BCUT2D eigenvalue weighted by atomic mass is 10.5. The van der Waals surface area contributed by atoms with E-state index >= 15 is 0 Å². The average Bonchev–Trinajstić information content (AvgIpc) is 2.09. The molecule has 1 aromatic rings. The van der Waals surface area contributed by atoms with Crippen molar-refractivity contribution in [3.8, 4) is 0 Å². The van der Waals surface area contributed by atoms with Gasteiger partial charge in [0, 0.05) is 0 Å². The van der Waals surface area contributed by atoms with Gasteiger partial charge < -0.3 is 5.73 Å². The van der Waals surface area contributed by atoms with Crippen LogP contribution in [-0.4, -0.2) is 16.6 Å². The molecule has 0 radical (unpaired) electrons. The molecule has 1 heterocycles. The number of nitrogens with zero attached hydrogens (tertiary/aromatic N) is 1. The maximum atomic E-state index is 10.5. The highest BCUT2D eigenvalue weighted by molar-refractivity contribution is 8.00. The highest BCUT2D eigenvalue weighted by Crippen LogP contribution is 2.31. The van der Waals surface area contributed by atoms with Gasteiger partial charge in [0.2, 0.25) is 5.91 Å². The topological polar surface area (TPSA) is 56.0 Å². The van der Waals surface area contributed by atoms with Crippen LogP contribution in [0.5, 0.6) is 0 Å². The van der Waals surface area contributed by atoms with Crippen LogP contribution < -0.4 is 5.73 Å². The molecule has 0 aliphatic rings. The van der Waals surface area contributed by atoms with Crippen LogP contribution in [0.2, 0.25) is 15.2 Å². The maximum Gasteiger partial charge on any atom is 0.227 e. The van der Waals surface area contributed by atoms with E-state index in [1.807, 2.05) is 0 Å². The van der Waals surface area contributed by atoms with Crippen molar-refractivity contribution in [1.29, 1.82) is 0 Å². The molecular formula is C7H5Cl3N2OS. The van der Waals surface area contributed by atoms with E-state index in [2.05, 4.69) is 4.98 Å². The van der Waals surface area contributed by atoms with Gasteiger partial charge >= 0.3 is 0 Å². The molecule has 0 saturated carbocycles. The van der Waals surface area contributed by atoms with Gasteiger partial charge in [-0.15, -0.1) is 0 Å². The third-order valence-electron chi connectivity index (χ3n) is 1.21. The molecule has 0 fully saturated rings. The number of pyridine rings is 1. The number of carbonyl (C=O) groups is 1. The monoisotopic (exact) mass is 270 g/mol. The minimum absolute atomic E-state index is 0.102. The van der Waals surface area contributed by atoms with Crippen LogP contribution in [-0.2, 0) is 4.79 Å². The molecule has 0 bridgehead atoms. The normalized spacial score (nSPS) is 10.2. The van der Waals surface area contributed by atoms with Crippen molar-refractivity contribution in [2.45, 2.75) is 5.03 Å². The van der Waals surface area contributed by atoms with E-state index in [1.165, 1.54) is 6.07 Å². The summed E-state index contributed by atoms with van der Waals surface area (Å²) in [5, 5.41) is 1.23. The quantitative estimate of drug-likeness (QED) is 0.679. The highest BCUT2D eigenvalue weighted by Gasteiger charge is 2.09. The van der Waals surface area contributed by atoms with E-state index in [9.17, 15) is 4.79 Å². The van der Waals surface area contributed by atoms with E-state index in [0.717, 1.165) is 11.8 Å². The fourth-order valence-corrected chi connectivity index (χ4v) is 2.01. The fourth-order valence-electron chi connectivity index (χ4n) is 0.669. The van der Waals surface area contributed by atoms with Crippen LogP contribution in [0, 0.1) is 0 Å². The Labute approximate surface area is 99.9 Å². The number of primary amides is 1. The van der Waals surface area contributed by atoms with Gasteiger partial charge in [0.15, 0.2) is 0 Å². The molecule has 0 aromatic carbocycles. The minimum atomic E-state index is -0.445. The third kappa shape index (κ3) is 3.20. The molecule has 0 spiro atoms. The van der Waals surface area contributed by atoms with Crippen molar-refractivity contribution < 1.29 is 4.79 Å². The number of carbonyl (C=O) groups excluding carboxylic acids is 1. The first-order chi connectivity index (χ1) is 6.50. The summed E-state index contributed by atoms with van der Waals surface area (Å²) in [5.41, 5.74) is 4.97. The molecule has 0 aliphatic heterocycles. The van der Waals surface area contributed by atoms with Crippen LogP contribution in [0.15, 0.2) is 11.1 Å². The number of thioether (sulfide) groups is 1. The molecule has 3 nitrogen and oxygen atoms in total. The van der Waals surface area contributed by atoms with Crippen molar-refractivity contribution in [2.75, 3.05) is 5.75 Å². The van der Waals surface area contributed by atoms with Crippen molar-refractivity contribution in [2.24, 2.45) is 5.73 Å². The zero-order valence-corrected chi connectivity index (χ0v) is 9.84. The van der Waals surface area contributed by atoms with Gasteiger partial charge in [-0.2, -0.15) is 0 Å². The first kappa shape index (κ1) is 11.9. The Kier molecular flexibility index (Phi) is 4.31.